The van der Waals surface area contributed by atoms with Crippen molar-refractivity contribution in [3.8, 4) is 0 Å². The van der Waals surface area contributed by atoms with Crippen molar-refractivity contribution in [2.45, 2.75) is 26.3 Å². The zero-order chi connectivity index (χ0) is 12.8. The van der Waals surface area contributed by atoms with E-state index in [2.05, 4.69) is 34.1 Å². The minimum absolute atomic E-state index is 0.0527. The number of anilines is 1. The molecular formula is C13H19N5. The topological polar surface area (TPSA) is 45.5 Å². The van der Waals surface area contributed by atoms with Crippen LogP contribution in [0.25, 0.3) is 5.65 Å². The van der Waals surface area contributed by atoms with Crippen molar-refractivity contribution in [1.82, 2.24) is 19.9 Å². The van der Waals surface area contributed by atoms with Crippen molar-refractivity contribution in [3.05, 3.63) is 23.9 Å². The van der Waals surface area contributed by atoms with Crippen LogP contribution in [0.3, 0.4) is 0 Å². The molecule has 96 valence electrons. The molecule has 0 amide bonds. The summed E-state index contributed by atoms with van der Waals surface area (Å²) in [6.07, 6.45) is 0. The molecule has 1 saturated heterocycles. The first kappa shape index (κ1) is 11.5. The predicted octanol–water partition coefficient (Wildman–Crippen LogP) is 1.23. The molecule has 5 nitrogen and oxygen atoms in total. The number of piperazine rings is 1. The maximum atomic E-state index is 4.64. The summed E-state index contributed by atoms with van der Waals surface area (Å²) in [5, 5.41) is 8.05. The van der Waals surface area contributed by atoms with E-state index in [9.17, 15) is 0 Å². The Labute approximate surface area is 107 Å². The highest BCUT2D eigenvalue weighted by atomic mass is 15.4. The molecule has 1 aliphatic heterocycles. The Hall–Kier alpha value is -1.62. The van der Waals surface area contributed by atoms with Gasteiger partial charge in [0.25, 0.3) is 0 Å². The van der Waals surface area contributed by atoms with E-state index in [0.29, 0.717) is 0 Å². The summed E-state index contributed by atoms with van der Waals surface area (Å²) in [5.74, 6) is 0.829. The van der Waals surface area contributed by atoms with Crippen molar-refractivity contribution < 1.29 is 0 Å². The Morgan fingerprint density at radius 3 is 2.89 bits per heavy atom. The van der Waals surface area contributed by atoms with Crippen molar-refractivity contribution in [3.63, 3.8) is 0 Å². The largest absolute Gasteiger partial charge is 0.332 e. The standard InChI is InChI=1S/C13H19N5/c1-10-5-4-6-11-15-12(16-18(10)11)17-8-7-14-9-13(17,2)3/h4-6,14H,7-9H2,1-3H3. The van der Waals surface area contributed by atoms with Crippen LogP contribution in [-0.4, -0.2) is 39.8 Å². The van der Waals surface area contributed by atoms with E-state index in [0.717, 1.165) is 36.9 Å². The molecular weight excluding hydrogens is 226 g/mol. The third-order valence-electron chi connectivity index (χ3n) is 3.58. The van der Waals surface area contributed by atoms with Gasteiger partial charge in [-0.3, -0.25) is 0 Å². The highest BCUT2D eigenvalue weighted by molar-refractivity contribution is 5.47. The fourth-order valence-corrected chi connectivity index (χ4v) is 2.49. The van der Waals surface area contributed by atoms with E-state index in [1.54, 1.807) is 0 Å². The number of hydrogen-bond donors (Lipinski definition) is 1. The van der Waals surface area contributed by atoms with Gasteiger partial charge >= 0.3 is 0 Å². The number of hydrogen-bond acceptors (Lipinski definition) is 4. The zero-order valence-corrected chi connectivity index (χ0v) is 11.1. The van der Waals surface area contributed by atoms with Gasteiger partial charge in [0, 0.05) is 30.9 Å². The van der Waals surface area contributed by atoms with Gasteiger partial charge in [-0.05, 0) is 32.9 Å². The normalized spacial score (nSPS) is 19.4. The molecule has 3 heterocycles. The van der Waals surface area contributed by atoms with Crippen LogP contribution in [0.5, 0.6) is 0 Å². The lowest BCUT2D eigenvalue weighted by Crippen LogP contribution is -2.58. The van der Waals surface area contributed by atoms with Gasteiger partial charge in [-0.15, -0.1) is 5.10 Å². The van der Waals surface area contributed by atoms with Gasteiger partial charge in [0.2, 0.25) is 5.95 Å². The second kappa shape index (κ2) is 3.95. The number of aryl methyl sites for hydroxylation is 1. The monoisotopic (exact) mass is 245 g/mol. The third kappa shape index (κ3) is 1.75. The molecule has 0 radical (unpaired) electrons. The quantitative estimate of drug-likeness (QED) is 0.820. The zero-order valence-electron chi connectivity index (χ0n) is 11.1. The summed E-state index contributed by atoms with van der Waals surface area (Å²) in [5.41, 5.74) is 2.08. The van der Waals surface area contributed by atoms with Gasteiger partial charge < -0.3 is 10.2 Å². The van der Waals surface area contributed by atoms with E-state index >= 15 is 0 Å². The SMILES string of the molecule is Cc1cccc2nc(N3CCNCC3(C)C)nn12. The summed E-state index contributed by atoms with van der Waals surface area (Å²) in [6.45, 7) is 9.38. The van der Waals surface area contributed by atoms with Gasteiger partial charge in [-0.25, -0.2) is 4.52 Å². The van der Waals surface area contributed by atoms with Crippen LogP contribution in [-0.2, 0) is 0 Å². The molecule has 5 heteroatoms. The average molecular weight is 245 g/mol. The number of nitrogens with one attached hydrogen (secondary N) is 1. The first-order chi connectivity index (χ1) is 8.58. The van der Waals surface area contributed by atoms with E-state index in [-0.39, 0.29) is 5.54 Å². The molecule has 0 bridgehead atoms. The molecule has 0 aliphatic carbocycles. The van der Waals surface area contributed by atoms with Gasteiger partial charge in [0.05, 0.1) is 0 Å². The highest BCUT2D eigenvalue weighted by Gasteiger charge is 2.32. The first-order valence-corrected chi connectivity index (χ1v) is 6.39. The van der Waals surface area contributed by atoms with E-state index in [4.69, 9.17) is 0 Å². The number of rotatable bonds is 1. The van der Waals surface area contributed by atoms with E-state index in [1.807, 2.05) is 29.6 Å². The van der Waals surface area contributed by atoms with Crippen LogP contribution in [0.2, 0.25) is 0 Å². The van der Waals surface area contributed by atoms with Crippen molar-refractivity contribution in [2.75, 3.05) is 24.5 Å². The van der Waals surface area contributed by atoms with Gasteiger partial charge in [0.1, 0.15) is 0 Å². The Morgan fingerprint density at radius 2 is 2.17 bits per heavy atom. The number of aromatic nitrogens is 3. The molecule has 1 aliphatic rings. The van der Waals surface area contributed by atoms with E-state index in [1.165, 1.54) is 0 Å². The van der Waals surface area contributed by atoms with Crippen LogP contribution >= 0.6 is 0 Å². The Kier molecular flexibility index (Phi) is 2.52. The molecule has 2 aromatic rings. The third-order valence-corrected chi connectivity index (χ3v) is 3.58. The molecule has 18 heavy (non-hydrogen) atoms. The lowest BCUT2D eigenvalue weighted by Gasteiger charge is -2.42. The van der Waals surface area contributed by atoms with Crippen molar-refractivity contribution >= 4 is 11.6 Å². The predicted molar refractivity (Wildman–Crippen MR) is 72.0 cm³/mol. The number of pyridine rings is 1. The van der Waals surface area contributed by atoms with Gasteiger partial charge in [-0.1, -0.05) is 6.07 Å². The number of fused-ring (bicyclic) bond motifs is 1. The van der Waals surface area contributed by atoms with Crippen LogP contribution < -0.4 is 10.2 Å². The minimum atomic E-state index is 0.0527. The first-order valence-electron chi connectivity index (χ1n) is 6.39. The summed E-state index contributed by atoms with van der Waals surface area (Å²) >= 11 is 0. The van der Waals surface area contributed by atoms with Crippen LogP contribution in [0, 0.1) is 6.92 Å². The molecule has 0 saturated carbocycles. The lowest BCUT2D eigenvalue weighted by molar-refractivity contribution is 0.375. The second-order valence-electron chi connectivity index (χ2n) is 5.49. The maximum absolute atomic E-state index is 4.64. The molecule has 0 atom stereocenters. The Balaban J connectivity index is 2.06. The van der Waals surface area contributed by atoms with Gasteiger partial charge in [0.15, 0.2) is 5.65 Å². The molecule has 0 aromatic carbocycles. The molecule has 0 spiro atoms. The average Bonchev–Trinajstić information content (AvgIpc) is 2.73. The smallest absolute Gasteiger partial charge is 0.246 e. The van der Waals surface area contributed by atoms with Crippen molar-refractivity contribution in [1.29, 1.82) is 0 Å². The molecule has 0 unspecified atom stereocenters. The van der Waals surface area contributed by atoms with Crippen LogP contribution in [0.4, 0.5) is 5.95 Å². The molecule has 1 fully saturated rings. The summed E-state index contributed by atoms with van der Waals surface area (Å²) in [6, 6.07) is 6.07. The number of nitrogens with zero attached hydrogens (tertiary/aromatic N) is 4. The van der Waals surface area contributed by atoms with Gasteiger partial charge in [-0.2, -0.15) is 4.98 Å². The van der Waals surface area contributed by atoms with Crippen LogP contribution in [0.15, 0.2) is 18.2 Å². The lowest BCUT2D eigenvalue weighted by atomic mass is 10.0. The fraction of sp³-hybridized carbons (Fsp3) is 0.538. The second-order valence-corrected chi connectivity index (χ2v) is 5.49. The Bertz CT molecular complexity index is 572. The maximum Gasteiger partial charge on any atom is 0.246 e. The van der Waals surface area contributed by atoms with Crippen LogP contribution in [0.1, 0.15) is 19.5 Å². The summed E-state index contributed by atoms with van der Waals surface area (Å²) in [7, 11) is 0. The molecule has 1 N–H and O–H groups in total. The minimum Gasteiger partial charge on any atom is -0.332 e. The fourth-order valence-electron chi connectivity index (χ4n) is 2.49. The van der Waals surface area contributed by atoms with Crippen molar-refractivity contribution in [2.24, 2.45) is 0 Å². The summed E-state index contributed by atoms with van der Waals surface area (Å²) in [4.78, 5) is 6.93. The molecule has 2 aromatic heterocycles. The van der Waals surface area contributed by atoms with E-state index < -0.39 is 0 Å². The highest BCUT2D eigenvalue weighted by Crippen LogP contribution is 2.23. The summed E-state index contributed by atoms with van der Waals surface area (Å²) < 4.78 is 1.91. The Morgan fingerprint density at radius 1 is 1.33 bits per heavy atom. The molecule has 3 rings (SSSR count).